The molecule has 0 spiro atoms. The predicted octanol–water partition coefficient (Wildman–Crippen LogP) is 4.44. The van der Waals surface area contributed by atoms with E-state index < -0.39 is 10.0 Å². The van der Waals surface area contributed by atoms with E-state index in [1.807, 2.05) is 0 Å². The Kier molecular flexibility index (Phi) is 6.07. The van der Waals surface area contributed by atoms with Crippen LogP contribution in [-0.4, -0.2) is 23.7 Å². The van der Waals surface area contributed by atoms with Crippen molar-refractivity contribution in [2.75, 3.05) is 15.8 Å². The number of hydrogen-bond acceptors (Lipinski definition) is 5. The normalized spacial score (nSPS) is 11.6. The highest BCUT2D eigenvalue weighted by Crippen LogP contribution is 2.37. The molecule has 0 aliphatic carbocycles. The van der Waals surface area contributed by atoms with Gasteiger partial charge in [-0.15, -0.1) is 0 Å². The molecule has 1 heterocycles. The third kappa shape index (κ3) is 4.49. The van der Waals surface area contributed by atoms with Crippen LogP contribution in [0.4, 0.5) is 17.1 Å². The lowest BCUT2D eigenvalue weighted by Gasteiger charge is -2.16. The van der Waals surface area contributed by atoms with Crippen LogP contribution in [0.25, 0.3) is 10.9 Å². The van der Waals surface area contributed by atoms with Crippen LogP contribution < -0.4 is 15.6 Å². The van der Waals surface area contributed by atoms with Gasteiger partial charge in [-0.3, -0.25) is 9.52 Å². The summed E-state index contributed by atoms with van der Waals surface area (Å²) in [6.45, 7) is 3.57. The zero-order valence-electron chi connectivity index (χ0n) is 16.1. The molecule has 7 nitrogen and oxygen atoms in total. The molecule has 2 aromatic carbocycles. The zero-order valence-corrected chi connectivity index (χ0v) is 18.4. The lowest BCUT2D eigenvalue weighted by atomic mass is 10.1. The first-order valence-electron chi connectivity index (χ1n) is 8.84. The van der Waals surface area contributed by atoms with Gasteiger partial charge >= 0.3 is 0 Å². The highest BCUT2D eigenvalue weighted by Gasteiger charge is 2.16. The molecule has 0 fully saturated rings. The van der Waals surface area contributed by atoms with Crippen LogP contribution in [0, 0.1) is 6.92 Å². The lowest BCUT2D eigenvalue weighted by Crippen LogP contribution is -2.18. The largest absolute Gasteiger partial charge is 0.354 e. The number of rotatable bonds is 6. The van der Waals surface area contributed by atoms with Gasteiger partial charge < -0.3 is 9.88 Å². The topological polar surface area (TPSA) is 93.1 Å². The van der Waals surface area contributed by atoms with Crippen molar-refractivity contribution >= 4 is 61.2 Å². The number of fused-ring (bicyclic) bond motifs is 1. The van der Waals surface area contributed by atoms with Gasteiger partial charge in [-0.1, -0.05) is 30.1 Å². The fraction of sp³-hybridized carbons (Fsp3) is 0.263. The van der Waals surface area contributed by atoms with Crippen LogP contribution in [0.1, 0.15) is 18.9 Å². The molecule has 0 atom stereocenters. The quantitative estimate of drug-likeness (QED) is 0.573. The number of nitrogens with zero attached hydrogens (tertiary/aromatic N) is 2. The molecule has 0 saturated heterocycles. The Morgan fingerprint density at radius 3 is 2.52 bits per heavy atom. The first-order valence-corrected chi connectivity index (χ1v) is 11.2. The molecule has 0 amide bonds. The minimum Gasteiger partial charge on any atom is -0.354 e. The van der Waals surface area contributed by atoms with Crippen molar-refractivity contribution in [3.8, 4) is 0 Å². The average Bonchev–Trinajstić information content (AvgIpc) is 2.63. The van der Waals surface area contributed by atoms with Gasteiger partial charge in [0.25, 0.3) is 5.56 Å². The van der Waals surface area contributed by atoms with Gasteiger partial charge in [0, 0.05) is 17.8 Å². The minimum atomic E-state index is -3.53. The van der Waals surface area contributed by atoms with Crippen molar-refractivity contribution in [1.29, 1.82) is 0 Å². The van der Waals surface area contributed by atoms with E-state index in [4.69, 9.17) is 23.2 Å². The number of benzene rings is 2. The predicted molar refractivity (Wildman–Crippen MR) is 119 cm³/mol. The van der Waals surface area contributed by atoms with Crippen LogP contribution in [0.3, 0.4) is 0 Å². The number of anilines is 3. The van der Waals surface area contributed by atoms with E-state index in [2.05, 4.69) is 15.0 Å². The van der Waals surface area contributed by atoms with Gasteiger partial charge in [0.15, 0.2) is 0 Å². The summed E-state index contributed by atoms with van der Waals surface area (Å²) >= 11 is 12.6. The fourth-order valence-electron chi connectivity index (χ4n) is 2.97. The Morgan fingerprint density at radius 1 is 1.14 bits per heavy atom. The van der Waals surface area contributed by atoms with Gasteiger partial charge in [0.1, 0.15) is 0 Å². The number of halogens is 2. The summed E-state index contributed by atoms with van der Waals surface area (Å²) in [5.74, 6) is -0.0291. The Morgan fingerprint density at radius 2 is 1.83 bits per heavy atom. The zero-order chi connectivity index (χ0) is 21.3. The number of hydrogen-bond donors (Lipinski definition) is 2. The second kappa shape index (κ2) is 8.22. The maximum Gasteiger partial charge on any atom is 0.261 e. The van der Waals surface area contributed by atoms with Gasteiger partial charge in [-0.05, 0) is 43.2 Å². The summed E-state index contributed by atoms with van der Waals surface area (Å²) in [5.41, 5.74) is 2.35. The highest BCUT2D eigenvalue weighted by atomic mass is 35.5. The molecule has 0 bridgehead atoms. The third-order valence-corrected chi connectivity index (χ3v) is 6.49. The van der Waals surface area contributed by atoms with Crippen molar-refractivity contribution in [3.63, 3.8) is 0 Å². The Hall–Kier alpha value is -2.29. The summed E-state index contributed by atoms with van der Waals surface area (Å²) in [5, 5.41) is 4.12. The standard InChI is InChI=1S/C19H20Cl2N4O3S/c1-4-7-29(27,28)24-16-9-12(20)8-15(18(16)21)23-13-5-6-14-17(11(13)2)19(26)25(3)10-22-14/h5-6,8-10,23-24H,4,7H2,1-3H3. The van der Waals surface area contributed by atoms with E-state index in [1.54, 1.807) is 39.1 Å². The third-order valence-electron chi connectivity index (χ3n) is 4.39. The molecular formula is C19H20Cl2N4O3S. The van der Waals surface area contributed by atoms with Gasteiger partial charge in [0.2, 0.25) is 10.0 Å². The van der Waals surface area contributed by atoms with E-state index in [0.717, 1.165) is 0 Å². The lowest BCUT2D eigenvalue weighted by molar-refractivity contribution is 0.600. The molecule has 3 rings (SSSR count). The molecule has 10 heteroatoms. The maximum absolute atomic E-state index is 12.5. The molecule has 2 N–H and O–H groups in total. The van der Waals surface area contributed by atoms with Crippen LogP contribution >= 0.6 is 23.2 Å². The smallest absolute Gasteiger partial charge is 0.261 e. The number of aryl methyl sites for hydroxylation is 2. The summed E-state index contributed by atoms with van der Waals surface area (Å²) in [6, 6.07) is 6.55. The molecule has 29 heavy (non-hydrogen) atoms. The molecule has 3 aromatic rings. The molecule has 0 radical (unpaired) electrons. The summed E-state index contributed by atoms with van der Waals surface area (Å²) in [4.78, 5) is 16.8. The highest BCUT2D eigenvalue weighted by molar-refractivity contribution is 7.92. The van der Waals surface area contributed by atoms with Crippen molar-refractivity contribution in [1.82, 2.24) is 9.55 Å². The maximum atomic E-state index is 12.5. The van der Waals surface area contributed by atoms with Gasteiger partial charge in [0.05, 0.1) is 39.4 Å². The molecule has 0 saturated carbocycles. The molecule has 154 valence electrons. The second-order valence-electron chi connectivity index (χ2n) is 6.65. The molecule has 1 aromatic heterocycles. The first kappa shape index (κ1) is 21.4. The van der Waals surface area contributed by atoms with Crippen molar-refractivity contribution < 1.29 is 8.42 Å². The Balaban J connectivity index is 2.06. The van der Waals surface area contributed by atoms with E-state index in [0.29, 0.717) is 39.3 Å². The summed E-state index contributed by atoms with van der Waals surface area (Å²) in [6.07, 6.45) is 1.94. The van der Waals surface area contributed by atoms with E-state index >= 15 is 0 Å². The molecule has 0 aliphatic rings. The van der Waals surface area contributed by atoms with Crippen LogP contribution in [0.5, 0.6) is 0 Å². The number of aromatic nitrogens is 2. The van der Waals surface area contributed by atoms with Crippen molar-refractivity contribution in [3.05, 3.63) is 56.6 Å². The van der Waals surface area contributed by atoms with Crippen LogP contribution in [-0.2, 0) is 17.1 Å². The molecular weight excluding hydrogens is 435 g/mol. The van der Waals surface area contributed by atoms with Gasteiger partial charge in [-0.2, -0.15) is 0 Å². The SMILES string of the molecule is CCCS(=O)(=O)Nc1cc(Cl)cc(Nc2ccc3ncn(C)c(=O)c3c2C)c1Cl. The van der Waals surface area contributed by atoms with Crippen molar-refractivity contribution in [2.24, 2.45) is 7.05 Å². The van der Waals surface area contributed by atoms with Gasteiger partial charge in [-0.25, -0.2) is 13.4 Å². The van der Waals surface area contributed by atoms with Crippen LogP contribution in [0.2, 0.25) is 10.0 Å². The number of sulfonamides is 1. The minimum absolute atomic E-state index is 0.0291. The Bertz CT molecular complexity index is 1260. The van der Waals surface area contributed by atoms with E-state index in [9.17, 15) is 13.2 Å². The summed E-state index contributed by atoms with van der Waals surface area (Å²) in [7, 11) is -1.90. The number of nitrogens with one attached hydrogen (secondary N) is 2. The molecule has 0 aliphatic heterocycles. The van der Waals surface area contributed by atoms with Crippen LogP contribution in [0.15, 0.2) is 35.4 Å². The van der Waals surface area contributed by atoms with E-state index in [-0.39, 0.29) is 22.0 Å². The molecule has 0 unspecified atom stereocenters. The van der Waals surface area contributed by atoms with Crippen molar-refractivity contribution in [2.45, 2.75) is 20.3 Å². The summed E-state index contributed by atoms with van der Waals surface area (Å²) < 4.78 is 28.1. The Labute approximate surface area is 178 Å². The average molecular weight is 455 g/mol. The fourth-order valence-corrected chi connectivity index (χ4v) is 4.59. The monoisotopic (exact) mass is 454 g/mol. The second-order valence-corrected chi connectivity index (χ2v) is 9.31. The first-order chi connectivity index (χ1) is 13.6. The van der Waals surface area contributed by atoms with E-state index in [1.165, 1.54) is 17.0 Å².